The van der Waals surface area contributed by atoms with Crippen LogP contribution in [-0.4, -0.2) is 58.3 Å². The van der Waals surface area contributed by atoms with Crippen LogP contribution in [0.2, 0.25) is 5.02 Å². The van der Waals surface area contributed by atoms with Crippen LogP contribution in [0.3, 0.4) is 0 Å². The molecule has 10 heteroatoms. The largest absolute Gasteiger partial charge is 0.342 e. The fraction of sp³-hybridized carbons (Fsp3) is 0.440. The summed E-state index contributed by atoms with van der Waals surface area (Å²) in [4.78, 5) is 38.7. The average molecular weight is 513 g/mol. The van der Waals surface area contributed by atoms with E-state index >= 15 is 0 Å². The lowest BCUT2D eigenvalue weighted by molar-refractivity contribution is -0.141. The van der Waals surface area contributed by atoms with Crippen molar-refractivity contribution in [3.63, 3.8) is 0 Å². The van der Waals surface area contributed by atoms with E-state index in [2.05, 4.69) is 15.2 Å². The second-order valence-corrected chi connectivity index (χ2v) is 11.1. The Morgan fingerprint density at radius 1 is 1.09 bits per heavy atom. The number of likely N-dealkylation sites (N-methyl/N-ethyl adjacent to an activating group) is 1. The first-order valence-corrected chi connectivity index (χ1v) is 13.1. The highest BCUT2D eigenvalue weighted by molar-refractivity contribution is 7.99. The molecule has 1 saturated heterocycles. The van der Waals surface area contributed by atoms with Gasteiger partial charge in [-0.15, -0.1) is 0 Å². The Morgan fingerprint density at radius 3 is 2.54 bits per heavy atom. The van der Waals surface area contributed by atoms with Crippen molar-refractivity contribution in [1.82, 2.24) is 19.3 Å². The summed E-state index contributed by atoms with van der Waals surface area (Å²) in [5.74, 6) is -0.458. The molecule has 1 N–H and O–H groups in total. The summed E-state index contributed by atoms with van der Waals surface area (Å²) in [6.45, 7) is 2.04. The fourth-order valence-corrected chi connectivity index (χ4v) is 6.40. The van der Waals surface area contributed by atoms with Crippen LogP contribution in [-0.2, 0) is 9.59 Å². The van der Waals surface area contributed by atoms with Crippen LogP contribution < -0.4 is 10.2 Å². The molecule has 1 aliphatic heterocycles. The molecule has 2 fully saturated rings. The molecule has 0 atom stereocenters. The number of nitrogens with zero attached hydrogens (tertiary/aromatic N) is 5. The van der Waals surface area contributed by atoms with Gasteiger partial charge in [0.25, 0.3) is 0 Å². The van der Waals surface area contributed by atoms with Crippen LogP contribution >= 0.6 is 23.4 Å². The Hall–Kier alpha value is -2.78. The molecule has 2 amide bonds. The van der Waals surface area contributed by atoms with Gasteiger partial charge in [-0.2, -0.15) is 0 Å². The third-order valence-electron chi connectivity index (χ3n) is 7.18. The number of imidazole rings is 1. The van der Waals surface area contributed by atoms with Crippen LogP contribution in [0.4, 0.5) is 11.6 Å². The molecule has 3 aromatic rings. The quantitative estimate of drug-likeness (QED) is 0.509. The number of benzene rings is 1. The van der Waals surface area contributed by atoms with Crippen LogP contribution in [0.15, 0.2) is 46.6 Å². The number of carbonyl (C=O) groups excluding carboxylic acids is 2. The second-order valence-electron chi connectivity index (χ2n) is 9.61. The van der Waals surface area contributed by atoms with Crippen molar-refractivity contribution in [1.29, 1.82) is 0 Å². The van der Waals surface area contributed by atoms with E-state index in [1.165, 1.54) is 69.3 Å². The minimum atomic E-state index is -0.735. The molecule has 35 heavy (non-hydrogen) atoms. The number of hydrogen-bond acceptors (Lipinski definition) is 6. The van der Waals surface area contributed by atoms with Crippen molar-refractivity contribution in [2.75, 3.05) is 37.4 Å². The first kappa shape index (κ1) is 23.9. The SMILES string of the molecule is CN(C)C(=O)C(=O)Nc1cccc(Sc2cnc(N3CCC4(CCCC4)CC3)n3ccnc23)c1Cl. The number of rotatable bonds is 4. The van der Waals surface area contributed by atoms with E-state index in [0.717, 1.165) is 34.5 Å². The summed E-state index contributed by atoms with van der Waals surface area (Å²) in [6.07, 6.45) is 13.5. The molecule has 184 valence electrons. The number of aromatic nitrogens is 3. The van der Waals surface area contributed by atoms with Crippen LogP contribution in [0.1, 0.15) is 38.5 Å². The first-order valence-electron chi connectivity index (χ1n) is 11.9. The Morgan fingerprint density at radius 2 is 1.83 bits per heavy atom. The smallest absolute Gasteiger partial charge is 0.313 e. The normalized spacial score (nSPS) is 17.2. The summed E-state index contributed by atoms with van der Waals surface area (Å²) in [5, 5.41) is 2.97. The molecule has 1 saturated carbocycles. The monoisotopic (exact) mass is 512 g/mol. The third-order valence-corrected chi connectivity index (χ3v) is 8.76. The summed E-state index contributed by atoms with van der Waals surface area (Å²) >= 11 is 8.04. The number of amides is 2. The fourth-order valence-electron chi connectivity index (χ4n) is 5.18. The summed E-state index contributed by atoms with van der Waals surface area (Å²) in [5.41, 5.74) is 1.75. The lowest BCUT2D eigenvalue weighted by atomic mass is 9.77. The highest BCUT2D eigenvalue weighted by atomic mass is 35.5. The average Bonchev–Trinajstić information content (AvgIpc) is 3.52. The van der Waals surface area contributed by atoms with E-state index in [0.29, 0.717) is 16.1 Å². The highest BCUT2D eigenvalue weighted by Crippen LogP contribution is 2.46. The lowest BCUT2D eigenvalue weighted by Crippen LogP contribution is -2.40. The van der Waals surface area contributed by atoms with E-state index in [-0.39, 0.29) is 0 Å². The topological polar surface area (TPSA) is 82.8 Å². The van der Waals surface area contributed by atoms with Crippen LogP contribution in [0.5, 0.6) is 0 Å². The van der Waals surface area contributed by atoms with Crippen molar-refractivity contribution >= 4 is 52.5 Å². The van der Waals surface area contributed by atoms with E-state index in [1.807, 2.05) is 22.9 Å². The van der Waals surface area contributed by atoms with Crippen molar-refractivity contribution < 1.29 is 9.59 Å². The van der Waals surface area contributed by atoms with Crippen molar-refractivity contribution in [2.24, 2.45) is 5.41 Å². The Labute approximate surface area is 214 Å². The maximum absolute atomic E-state index is 12.2. The predicted molar refractivity (Wildman–Crippen MR) is 138 cm³/mol. The number of carbonyl (C=O) groups is 2. The number of hydrogen-bond donors (Lipinski definition) is 1. The minimum Gasteiger partial charge on any atom is -0.342 e. The Bertz CT molecular complexity index is 1260. The van der Waals surface area contributed by atoms with Crippen molar-refractivity contribution in [2.45, 2.75) is 48.3 Å². The molecule has 0 radical (unpaired) electrons. The molecule has 1 aliphatic carbocycles. The van der Waals surface area contributed by atoms with Gasteiger partial charge in [0.2, 0.25) is 5.95 Å². The zero-order chi connectivity index (χ0) is 24.6. The van der Waals surface area contributed by atoms with Gasteiger partial charge in [-0.25, -0.2) is 9.97 Å². The summed E-state index contributed by atoms with van der Waals surface area (Å²) in [6, 6.07) is 5.34. The van der Waals surface area contributed by atoms with E-state index in [1.54, 1.807) is 18.3 Å². The first-order chi connectivity index (χ1) is 16.9. The van der Waals surface area contributed by atoms with Gasteiger partial charge < -0.3 is 15.1 Å². The molecule has 3 heterocycles. The minimum absolute atomic E-state index is 0.365. The van der Waals surface area contributed by atoms with Crippen molar-refractivity contribution in [3.05, 3.63) is 41.8 Å². The molecule has 1 spiro atoms. The Kier molecular flexibility index (Phi) is 6.63. The number of halogens is 1. The zero-order valence-corrected chi connectivity index (χ0v) is 21.5. The standard InChI is InChI=1S/C25H29ClN6O2S/c1-30(2)23(34)22(33)29-17-6-5-7-18(20(17)26)35-19-16-28-24(32-15-12-27-21(19)32)31-13-10-25(11-14-31)8-3-4-9-25/h5-7,12,15-16H,3-4,8-11,13-14H2,1-2H3,(H,29,33). The molecule has 0 bridgehead atoms. The second kappa shape index (κ2) is 9.70. The van der Waals surface area contributed by atoms with Gasteiger partial charge in [-0.05, 0) is 43.2 Å². The van der Waals surface area contributed by atoms with E-state index in [9.17, 15) is 9.59 Å². The number of piperidine rings is 1. The van der Waals surface area contributed by atoms with Crippen LogP contribution in [0, 0.1) is 5.41 Å². The molecule has 8 nitrogen and oxygen atoms in total. The maximum Gasteiger partial charge on any atom is 0.313 e. The molecule has 5 rings (SSSR count). The Balaban J connectivity index is 1.36. The van der Waals surface area contributed by atoms with Crippen molar-refractivity contribution in [3.8, 4) is 0 Å². The van der Waals surface area contributed by atoms with Gasteiger partial charge in [-0.3, -0.25) is 14.0 Å². The molecule has 0 unspecified atom stereocenters. The molecular formula is C25H29ClN6O2S. The number of fused-ring (bicyclic) bond motifs is 1. The van der Waals surface area contributed by atoms with Gasteiger partial charge in [0, 0.05) is 50.7 Å². The molecular weight excluding hydrogens is 484 g/mol. The lowest BCUT2D eigenvalue weighted by Gasteiger charge is -2.39. The van der Waals surface area contributed by atoms with E-state index in [4.69, 9.17) is 16.6 Å². The zero-order valence-electron chi connectivity index (χ0n) is 20.0. The van der Waals surface area contributed by atoms with Gasteiger partial charge in [0.05, 0.1) is 15.6 Å². The van der Waals surface area contributed by atoms with Crippen LogP contribution in [0.25, 0.3) is 5.65 Å². The number of nitrogens with one attached hydrogen (secondary N) is 1. The molecule has 2 aromatic heterocycles. The highest BCUT2D eigenvalue weighted by Gasteiger charge is 2.37. The van der Waals surface area contributed by atoms with E-state index < -0.39 is 11.8 Å². The summed E-state index contributed by atoms with van der Waals surface area (Å²) < 4.78 is 2.05. The predicted octanol–water partition coefficient (Wildman–Crippen LogP) is 4.72. The number of anilines is 2. The molecule has 2 aliphatic rings. The maximum atomic E-state index is 12.2. The van der Waals surface area contributed by atoms with Gasteiger partial charge in [-0.1, -0.05) is 42.3 Å². The molecule has 1 aromatic carbocycles. The summed E-state index contributed by atoms with van der Waals surface area (Å²) in [7, 11) is 3.05. The third kappa shape index (κ3) is 4.71. The van der Waals surface area contributed by atoms with Gasteiger partial charge in [0.15, 0.2) is 5.65 Å². The van der Waals surface area contributed by atoms with Gasteiger partial charge >= 0.3 is 11.8 Å². The van der Waals surface area contributed by atoms with Gasteiger partial charge in [0.1, 0.15) is 0 Å².